The fourth-order valence-corrected chi connectivity index (χ4v) is 2.31. The Morgan fingerprint density at radius 1 is 1.24 bits per heavy atom. The number of carbonyl (C=O) groups excluding carboxylic acids is 1. The topological polar surface area (TPSA) is 37.7 Å². The SMILES string of the molecule is CN(C)CCc1cn(C)c2cccc(OC(=O)N(C)C)c12. The molecule has 2 rings (SSSR count). The van der Waals surface area contributed by atoms with Gasteiger partial charge in [-0.25, -0.2) is 4.79 Å². The van der Waals surface area contributed by atoms with Gasteiger partial charge in [0.15, 0.2) is 0 Å². The first-order valence-corrected chi connectivity index (χ1v) is 7.01. The van der Waals surface area contributed by atoms with Gasteiger partial charge in [0.2, 0.25) is 0 Å². The average molecular weight is 289 g/mol. The number of ether oxygens (including phenoxy) is 1. The lowest BCUT2D eigenvalue weighted by atomic mass is 10.1. The molecule has 0 aliphatic carbocycles. The van der Waals surface area contributed by atoms with E-state index < -0.39 is 0 Å². The molecule has 0 aliphatic heterocycles. The second kappa shape index (κ2) is 6.18. The van der Waals surface area contributed by atoms with E-state index in [2.05, 4.69) is 29.8 Å². The monoisotopic (exact) mass is 289 g/mol. The van der Waals surface area contributed by atoms with Crippen molar-refractivity contribution in [2.75, 3.05) is 34.7 Å². The van der Waals surface area contributed by atoms with Crippen molar-refractivity contribution in [3.05, 3.63) is 30.0 Å². The van der Waals surface area contributed by atoms with Crippen LogP contribution in [0.15, 0.2) is 24.4 Å². The molecule has 1 aromatic carbocycles. The van der Waals surface area contributed by atoms with Gasteiger partial charge in [-0.1, -0.05) is 6.07 Å². The summed E-state index contributed by atoms with van der Waals surface area (Å²) in [7, 11) is 9.48. The molecule has 0 saturated heterocycles. The molecule has 0 saturated carbocycles. The van der Waals surface area contributed by atoms with E-state index >= 15 is 0 Å². The van der Waals surface area contributed by atoms with Gasteiger partial charge in [0.25, 0.3) is 0 Å². The summed E-state index contributed by atoms with van der Waals surface area (Å²) >= 11 is 0. The lowest BCUT2D eigenvalue weighted by molar-refractivity contribution is 0.172. The van der Waals surface area contributed by atoms with Crippen LogP contribution in [0.1, 0.15) is 5.56 Å². The molecule has 0 N–H and O–H groups in total. The second-order valence-electron chi connectivity index (χ2n) is 5.73. The predicted octanol–water partition coefficient (Wildman–Crippen LogP) is 2.34. The minimum atomic E-state index is -0.357. The van der Waals surface area contributed by atoms with Gasteiger partial charge in [-0.2, -0.15) is 0 Å². The van der Waals surface area contributed by atoms with Crippen LogP contribution in [0.4, 0.5) is 4.79 Å². The Morgan fingerprint density at radius 3 is 2.57 bits per heavy atom. The highest BCUT2D eigenvalue weighted by molar-refractivity contribution is 5.91. The average Bonchev–Trinajstić information content (AvgIpc) is 2.74. The lowest BCUT2D eigenvalue weighted by Gasteiger charge is -2.13. The Hall–Kier alpha value is -2.01. The van der Waals surface area contributed by atoms with Gasteiger partial charge in [0.05, 0.1) is 5.52 Å². The van der Waals surface area contributed by atoms with E-state index in [1.165, 1.54) is 10.5 Å². The number of rotatable bonds is 4. The minimum Gasteiger partial charge on any atom is -0.409 e. The third kappa shape index (κ3) is 3.36. The van der Waals surface area contributed by atoms with Crippen LogP contribution in [-0.2, 0) is 13.5 Å². The highest BCUT2D eigenvalue weighted by atomic mass is 16.6. The van der Waals surface area contributed by atoms with E-state index in [1.807, 2.05) is 25.2 Å². The largest absolute Gasteiger partial charge is 0.414 e. The molecule has 0 fully saturated rings. The smallest absolute Gasteiger partial charge is 0.409 e. The van der Waals surface area contributed by atoms with Crippen LogP contribution in [0.2, 0.25) is 0 Å². The number of carbonyl (C=O) groups is 1. The molecule has 5 heteroatoms. The second-order valence-corrected chi connectivity index (χ2v) is 5.73. The number of fused-ring (bicyclic) bond motifs is 1. The van der Waals surface area contributed by atoms with Crippen LogP contribution < -0.4 is 4.74 Å². The van der Waals surface area contributed by atoms with Gasteiger partial charge in [-0.15, -0.1) is 0 Å². The van der Waals surface area contributed by atoms with E-state index in [1.54, 1.807) is 14.1 Å². The molecule has 1 heterocycles. The number of hydrogen-bond acceptors (Lipinski definition) is 3. The molecule has 0 atom stereocenters. The maximum Gasteiger partial charge on any atom is 0.414 e. The highest BCUT2D eigenvalue weighted by Crippen LogP contribution is 2.31. The first-order valence-electron chi connectivity index (χ1n) is 7.01. The zero-order chi connectivity index (χ0) is 15.6. The third-order valence-corrected chi connectivity index (χ3v) is 3.45. The first-order chi connectivity index (χ1) is 9.90. The summed E-state index contributed by atoms with van der Waals surface area (Å²) in [6.07, 6.45) is 2.67. The summed E-state index contributed by atoms with van der Waals surface area (Å²) in [6, 6.07) is 5.81. The summed E-state index contributed by atoms with van der Waals surface area (Å²) in [5.74, 6) is 0.626. The number of aryl methyl sites for hydroxylation is 1. The van der Waals surface area contributed by atoms with Crippen LogP contribution in [0.3, 0.4) is 0 Å². The Labute approximate surface area is 125 Å². The fraction of sp³-hybridized carbons (Fsp3) is 0.438. The number of likely N-dealkylation sites (N-methyl/N-ethyl adjacent to an activating group) is 1. The zero-order valence-corrected chi connectivity index (χ0v) is 13.4. The summed E-state index contributed by atoms with van der Waals surface area (Å²) in [5.41, 5.74) is 2.27. The van der Waals surface area contributed by atoms with Gasteiger partial charge in [0.1, 0.15) is 5.75 Å². The maximum absolute atomic E-state index is 11.8. The number of benzene rings is 1. The Morgan fingerprint density at radius 2 is 1.95 bits per heavy atom. The van der Waals surface area contributed by atoms with Gasteiger partial charge in [-0.3, -0.25) is 0 Å². The van der Waals surface area contributed by atoms with Gasteiger partial charge < -0.3 is 19.1 Å². The van der Waals surface area contributed by atoms with Crippen molar-refractivity contribution in [1.29, 1.82) is 0 Å². The predicted molar refractivity (Wildman–Crippen MR) is 84.9 cm³/mol. The Balaban J connectivity index is 2.43. The molecule has 1 amide bonds. The van der Waals surface area contributed by atoms with Crippen molar-refractivity contribution in [3.8, 4) is 5.75 Å². The number of aromatic nitrogens is 1. The third-order valence-electron chi connectivity index (χ3n) is 3.45. The molecule has 21 heavy (non-hydrogen) atoms. The highest BCUT2D eigenvalue weighted by Gasteiger charge is 2.15. The molecular formula is C16H23N3O2. The zero-order valence-electron chi connectivity index (χ0n) is 13.4. The maximum atomic E-state index is 11.8. The van der Waals surface area contributed by atoms with Gasteiger partial charge >= 0.3 is 6.09 Å². The van der Waals surface area contributed by atoms with Gasteiger partial charge in [0, 0.05) is 39.3 Å². The van der Waals surface area contributed by atoms with Crippen LogP contribution in [0, 0.1) is 0 Å². The molecule has 0 spiro atoms. The number of nitrogens with zero attached hydrogens (tertiary/aromatic N) is 3. The summed E-state index contributed by atoms with van der Waals surface area (Å²) in [4.78, 5) is 15.4. The number of amides is 1. The van der Waals surface area contributed by atoms with Crippen molar-refractivity contribution >= 4 is 17.0 Å². The molecule has 5 nitrogen and oxygen atoms in total. The quantitative estimate of drug-likeness (QED) is 0.867. The van der Waals surface area contributed by atoms with Crippen LogP contribution in [0.5, 0.6) is 5.75 Å². The lowest BCUT2D eigenvalue weighted by Crippen LogP contribution is -2.25. The Bertz CT molecular complexity index is 644. The summed E-state index contributed by atoms with van der Waals surface area (Å²) in [6.45, 7) is 0.953. The van der Waals surface area contributed by atoms with Crippen LogP contribution in [0.25, 0.3) is 10.9 Å². The van der Waals surface area contributed by atoms with E-state index in [9.17, 15) is 4.79 Å². The van der Waals surface area contributed by atoms with E-state index in [0.717, 1.165) is 23.9 Å². The molecule has 0 aliphatic rings. The minimum absolute atomic E-state index is 0.357. The van der Waals surface area contributed by atoms with E-state index in [-0.39, 0.29) is 6.09 Å². The molecule has 2 aromatic rings. The van der Waals surface area contributed by atoms with Crippen molar-refractivity contribution in [2.24, 2.45) is 7.05 Å². The molecule has 0 bridgehead atoms. The van der Waals surface area contributed by atoms with Gasteiger partial charge in [-0.05, 0) is 38.2 Å². The standard InChI is InChI=1S/C16H23N3O2/c1-17(2)10-9-12-11-19(5)13-7-6-8-14(15(12)13)21-16(20)18(3)4/h6-8,11H,9-10H2,1-5H3. The molecular weight excluding hydrogens is 266 g/mol. The first kappa shape index (κ1) is 15.4. The Kier molecular flexibility index (Phi) is 4.53. The van der Waals surface area contributed by atoms with Crippen molar-refractivity contribution in [1.82, 2.24) is 14.4 Å². The van der Waals surface area contributed by atoms with Crippen LogP contribution in [-0.4, -0.2) is 55.2 Å². The normalized spacial score (nSPS) is 11.1. The molecule has 114 valence electrons. The van der Waals surface area contributed by atoms with E-state index in [0.29, 0.717) is 5.75 Å². The van der Waals surface area contributed by atoms with E-state index in [4.69, 9.17) is 4.74 Å². The number of hydrogen-bond donors (Lipinski definition) is 0. The van der Waals surface area contributed by atoms with Crippen molar-refractivity contribution in [2.45, 2.75) is 6.42 Å². The molecule has 0 radical (unpaired) electrons. The van der Waals surface area contributed by atoms with Crippen LogP contribution >= 0.6 is 0 Å². The fourth-order valence-electron chi connectivity index (χ4n) is 2.31. The summed E-state index contributed by atoms with van der Waals surface area (Å²) < 4.78 is 7.59. The molecule has 1 aromatic heterocycles. The van der Waals surface area contributed by atoms with Crippen molar-refractivity contribution in [3.63, 3.8) is 0 Å². The summed E-state index contributed by atoms with van der Waals surface area (Å²) in [5, 5.41) is 1.03. The molecule has 0 unspecified atom stereocenters. The van der Waals surface area contributed by atoms with Crippen molar-refractivity contribution < 1.29 is 9.53 Å².